The van der Waals surface area contributed by atoms with E-state index < -0.39 is 0 Å². The molecule has 0 bridgehead atoms. The Balaban J connectivity index is 2.03. The highest BCUT2D eigenvalue weighted by Gasteiger charge is 2.22. The monoisotopic (exact) mass is 264 g/mol. The van der Waals surface area contributed by atoms with Gasteiger partial charge in [-0.05, 0) is 33.2 Å². The number of H-pyrrole nitrogens is 1. The summed E-state index contributed by atoms with van der Waals surface area (Å²) in [5.74, 6) is 0.732. The molecule has 0 spiro atoms. The molecule has 1 N–H and O–H groups in total. The van der Waals surface area contributed by atoms with Gasteiger partial charge in [-0.2, -0.15) is 5.10 Å². The topological polar surface area (TPSA) is 35.2 Å². The van der Waals surface area contributed by atoms with Gasteiger partial charge in [0.25, 0.3) is 0 Å². The third-order valence-corrected chi connectivity index (χ3v) is 4.00. The van der Waals surface area contributed by atoms with Gasteiger partial charge in [0.15, 0.2) is 0 Å². The van der Waals surface area contributed by atoms with E-state index in [9.17, 15) is 0 Å². The van der Waals surface area contributed by atoms with Crippen LogP contribution in [0.25, 0.3) is 0 Å². The molecular formula is C15H28N4. The highest BCUT2D eigenvalue weighted by atomic mass is 15.2. The molecule has 0 amide bonds. The lowest BCUT2D eigenvalue weighted by Gasteiger charge is -2.28. The third kappa shape index (κ3) is 3.57. The second-order valence-corrected chi connectivity index (χ2v) is 6.52. The van der Waals surface area contributed by atoms with Crippen molar-refractivity contribution in [3.63, 3.8) is 0 Å². The molecule has 1 aliphatic rings. The van der Waals surface area contributed by atoms with E-state index >= 15 is 0 Å². The van der Waals surface area contributed by atoms with E-state index in [-0.39, 0.29) is 0 Å². The number of hydrogen-bond donors (Lipinski definition) is 1. The zero-order valence-corrected chi connectivity index (χ0v) is 13.0. The van der Waals surface area contributed by atoms with Crippen LogP contribution >= 0.6 is 0 Å². The molecular weight excluding hydrogens is 236 g/mol. The highest BCUT2D eigenvalue weighted by Crippen LogP contribution is 2.22. The van der Waals surface area contributed by atoms with Gasteiger partial charge in [0.05, 0.1) is 11.4 Å². The Morgan fingerprint density at radius 2 is 2.05 bits per heavy atom. The maximum atomic E-state index is 4.54. The lowest BCUT2D eigenvalue weighted by molar-refractivity contribution is 0.222. The standard InChI is InChI=1S/C15H28N4/c1-11(2)8-19-7-6-13-14(9-18(5)12(3)4)16-17-15(13)10-19/h11-12H,6-10H2,1-5H3,(H,16,17). The van der Waals surface area contributed by atoms with Crippen LogP contribution in [0.2, 0.25) is 0 Å². The van der Waals surface area contributed by atoms with Crippen molar-refractivity contribution in [2.75, 3.05) is 20.1 Å². The van der Waals surface area contributed by atoms with Crippen LogP contribution in [0.1, 0.15) is 44.6 Å². The molecule has 0 atom stereocenters. The average Bonchev–Trinajstić information content (AvgIpc) is 2.71. The molecule has 0 saturated carbocycles. The molecule has 4 nitrogen and oxygen atoms in total. The number of aromatic amines is 1. The maximum absolute atomic E-state index is 4.54. The zero-order chi connectivity index (χ0) is 14.0. The van der Waals surface area contributed by atoms with Crippen LogP contribution in [0.5, 0.6) is 0 Å². The molecule has 0 radical (unpaired) electrons. The van der Waals surface area contributed by atoms with Crippen molar-refractivity contribution in [2.45, 2.75) is 53.2 Å². The first-order valence-electron chi connectivity index (χ1n) is 7.45. The summed E-state index contributed by atoms with van der Waals surface area (Å²) in [7, 11) is 2.17. The summed E-state index contributed by atoms with van der Waals surface area (Å²) in [4.78, 5) is 4.87. The Morgan fingerprint density at radius 1 is 1.32 bits per heavy atom. The summed E-state index contributed by atoms with van der Waals surface area (Å²) in [5, 5.41) is 7.80. The van der Waals surface area contributed by atoms with Crippen molar-refractivity contribution < 1.29 is 0 Å². The average molecular weight is 264 g/mol. The Labute approximate surface area is 117 Å². The van der Waals surface area contributed by atoms with Gasteiger partial charge in [-0.3, -0.25) is 14.9 Å². The minimum Gasteiger partial charge on any atom is -0.298 e. The number of aromatic nitrogens is 2. The van der Waals surface area contributed by atoms with Crippen molar-refractivity contribution in [3.8, 4) is 0 Å². The number of hydrogen-bond acceptors (Lipinski definition) is 3. The number of fused-ring (bicyclic) bond motifs is 1. The molecule has 2 rings (SSSR count). The predicted molar refractivity (Wildman–Crippen MR) is 79.0 cm³/mol. The summed E-state index contributed by atoms with van der Waals surface area (Å²) < 4.78 is 0. The summed E-state index contributed by atoms with van der Waals surface area (Å²) >= 11 is 0. The van der Waals surface area contributed by atoms with E-state index in [4.69, 9.17) is 0 Å². The summed E-state index contributed by atoms with van der Waals surface area (Å²) in [6.45, 7) is 13.4. The Hall–Kier alpha value is -0.870. The van der Waals surface area contributed by atoms with E-state index in [1.165, 1.54) is 30.0 Å². The lowest BCUT2D eigenvalue weighted by atomic mass is 10.0. The van der Waals surface area contributed by atoms with Crippen molar-refractivity contribution in [1.82, 2.24) is 20.0 Å². The molecule has 2 heterocycles. The van der Waals surface area contributed by atoms with Crippen LogP contribution in [-0.4, -0.2) is 46.2 Å². The van der Waals surface area contributed by atoms with Crippen LogP contribution in [0.15, 0.2) is 0 Å². The second kappa shape index (κ2) is 6.06. The van der Waals surface area contributed by atoms with Gasteiger partial charge < -0.3 is 0 Å². The number of rotatable bonds is 5. The number of nitrogens with one attached hydrogen (secondary N) is 1. The molecule has 1 aromatic rings. The van der Waals surface area contributed by atoms with Crippen LogP contribution in [0.3, 0.4) is 0 Å². The first-order valence-corrected chi connectivity index (χ1v) is 7.45. The molecule has 0 aromatic carbocycles. The van der Waals surface area contributed by atoms with Crippen molar-refractivity contribution >= 4 is 0 Å². The SMILES string of the molecule is CC(C)CN1CCc2c(CN(C)C(C)C)n[nH]c2C1. The van der Waals surface area contributed by atoms with Crippen molar-refractivity contribution in [3.05, 3.63) is 17.0 Å². The largest absolute Gasteiger partial charge is 0.298 e. The fourth-order valence-electron chi connectivity index (χ4n) is 2.66. The molecule has 19 heavy (non-hydrogen) atoms. The van der Waals surface area contributed by atoms with Crippen LogP contribution in [-0.2, 0) is 19.5 Å². The Bertz CT molecular complexity index is 408. The molecule has 0 unspecified atom stereocenters. The van der Waals surface area contributed by atoms with E-state index in [1.807, 2.05) is 0 Å². The molecule has 1 aliphatic heterocycles. The first kappa shape index (κ1) is 14.5. The van der Waals surface area contributed by atoms with Gasteiger partial charge in [0.1, 0.15) is 0 Å². The highest BCUT2D eigenvalue weighted by molar-refractivity contribution is 5.27. The molecule has 0 aliphatic carbocycles. The second-order valence-electron chi connectivity index (χ2n) is 6.52. The minimum absolute atomic E-state index is 0.563. The molecule has 1 aromatic heterocycles. The van der Waals surface area contributed by atoms with Gasteiger partial charge in [-0.1, -0.05) is 13.8 Å². The maximum Gasteiger partial charge on any atom is 0.0798 e. The van der Waals surface area contributed by atoms with Crippen LogP contribution in [0.4, 0.5) is 0 Å². The lowest BCUT2D eigenvalue weighted by Crippen LogP contribution is -2.34. The third-order valence-electron chi connectivity index (χ3n) is 4.00. The Morgan fingerprint density at radius 3 is 2.68 bits per heavy atom. The normalized spacial score (nSPS) is 16.6. The summed E-state index contributed by atoms with van der Waals surface area (Å²) in [6, 6.07) is 0.563. The quantitative estimate of drug-likeness (QED) is 0.886. The van der Waals surface area contributed by atoms with Crippen LogP contribution in [0, 0.1) is 5.92 Å². The minimum atomic E-state index is 0.563. The smallest absolute Gasteiger partial charge is 0.0798 e. The summed E-state index contributed by atoms with van der Waals surface area (Å²) in [5.41, 5.74) is 4.04. The summed E-state index contributed by atoms with van der Waals surface area (Å²) in [6.07, 6.45) is 1.14. The van der Waals surface area contributed by atoms with Gasteiger partial charge in [0.2, 0.25) is 0 Å². The first-order chi connectivity index (χ1) is 8.97. The zero-order valence-electron chi connectivity index (χ0n) is 13.0. The van der Waals surface area contributed by atoms with E-state index in [1.54, 1.807) is 0 Å². The van der Waals surface area contributed by atoms with Gasteiger partial charge in [-0.25, -0.2) is 0 Å². The molecule has 108 valence electrons. The molecule has 0 fully saturated rings. The predicted octanol–water partition coefficient (Wildman–Crippen LogP) is 2.26. The number of nitrogens with zero attached hydrogens (tertiary/aromatic N) is 3. The van der Waals surface area contributed by atoms with Gasteiger partial charge in [-0.15, -0.1) is 0 Å². The van der Waals surface area contributed by atoms with E-state index in [2.05, 4.69) is 54.7 Å². The van der Waals surface area contributed by atoms with Crippen molar-refractivity contribution in [2.24, 2.45) is 5.92 Å². The van der Waals surface area contributed by atoms with E-state index in [0.29, 0.717) is 6.04 Å². The molecule has 4 heteroatoms. The fourth-order valence-corrected chi connectivity index (χ4v) is 2.66. The Kier molecular flexibility index (Phi) is 4.63. The van der Waals surface area contributed by atoms with E-state index in [0.717, 1.165) is 25.4 Å². The van der Waals surface area contributed by atoms with Crippen molar-refractivity contribution in [1.29, 1.82) is 0 Å². The van der Waals surface area contributed by atoms with Gasteiger partial charge >= 0.3 is 0 Å². The fraction of sp³-hybridized carbons (Fsp3) is 0.800. The molecule has 0 saturated heterocycles. The van der Waals surface area contributed by atoms with Gasteiger partial charge in [0, 0.05) is 37.8 Å². The van der Waals surface area contributed by atoms with Crippen LogP contribution < -0.4 is 0 Å².